The van der Waals surface area contributed by atoms with Gasteiger partial charge in [0.15, 0.2) is 0 Å². The molecule has 3 heteroatoms. The van der Waals surface area contributed by atoms with E-state index in [9.17, 15) is 4.79 Å². The Kier molecular flexibility index (Phi) is 5.32. The number of allylic oxidation sites excluding steroid dienone is 2. The summed E-state index contributed by atoms with van der Waals surface area (Å²) in [5.41, 5.74) is 4.54. The van der Waals surface area contributed by atoms with Gasteiger partial charge in [-0.15, -0.1) is 5.73 Å². The minimum absolute atomic E-state index is 0.892. The van der Waals surface area contributed by atoms with Gasteiger partial charge in [0.05, 0.1) is 16.1 Å². The minimum atomic E-state index is -1.69. The molecule has 0 unspecified atom stereocenters. The molecule has 106 valence electrons. The third-order valence-corrected chi connectivity index (χ3v) is 7.03. The van der Waals surface area contributed by atoms with Crippen molar-refractivity contribution in [2.45, 2.75) is 39.3 Å². The first-order valence-electron chi connectivity index (χ1n) is 6.94. The van der Waals surface area contributed by atoms with Crippen molar-refractivity contribution in [3.63, 3.8) is 0 Å². The highest BCUT2D eigenvalue weighted by atomic mass is 28.3. The minimum Gasteiger partial charge on any atom is -0.234 e. The molecule has 0 saturated carbocycles. The van der Waals surface area contributed by atoms with E-state index in [4.69, 9.17) is 0 Å². The van der Waals surface area contributed by atoms with E-state index >= 15 is 0 Å². The van der Waals surface area contributed by atoms with E-state index in [1.54, 1.807) is 0 Å². The van der Waals surface area contributed by atoms with E-state index in [1.807, 2.05) is 36.4 Å². The smallest absolute Gasteiger partial charge is 0.123 e. The zero-order valence-corrected chi connectivity index (χ0v) is 15.4. The molecule has 0 spiro atoms. The highest BCUT2D eigenvalue weighted by Crippen LogP contribution is 2.27. The van der Waals surface area contributed by atoms with Crippen LogP contribution in [0.5, 0.6) is 0 Å². The fraction of sp³-hybridized carbons (Fsp3) is 0.353. The van der Waals surface area contributed by atoms with Crippen LogP contribution < -0.4 is 0 Å². The quantitative estimate of drug-likeness (QED) is 0.340. The molecule has 1 aromatic rings. The van der Waals surface area contributed by atoms with Gasteiger partial charge in [-0.3, -0.25) is 0 Å². The van der Waals surface area contributed by atoms with Crippen molar-refractivity contribution < 1.29 is 4.79 Å². The van der Waals surface area contributed by atoms with E-state index in [-0.39, 0.29) is 0 Å². The molecular formula is C17H24OSi2. The van der Waals surface area contributed by atoms with Gasteiger partial charge in [-0.25, -0.2) is 4.79 Å². The van der Waals surface area contributed by atoms with Gasteiger partial charge in [0.1, 0.15) is 5.94 Å². The predicted octanol–water partition coefficient (Wildman–Crippen LogP) is 4.74. The standard InChI is InChI=1S/C17H24OSi2/c1-19(2,3)16(17(14-18)20(4,5)6)13-12-15-10-8-7-9-11-15/h7-12H,1-6H3. The number of rotatable bonds is 4. The van der Waals surface area contributed by atoms with Crippen molar-refractivity contribution in [1.29, 1.82) is 0 Å². The molecule has 0 bridgehead atoms. The second kappa shape index (κ2) is 6.38. The van der Waals surface area contributed by atoms with E-state index in [0.29, 0.717) is 0 Å². The maximum Gasteiger partial charge on any atom is 0.123 e. The summed E-state index contributed by atoms with van der Waals surface area (Å²) in [6.45, 7) is 13.3. The van der Waals surface area contributed by atoms with Crippen molar-refractivity contribution >= 4 is 28.2 Å². The zero-order valence-electron chi connectivity index (χ0n) is 13.4. The highest BCUT2D eigenvalue weighted by molar-refractivity contribution is 6.93. The molecule has 0 aliphatic heterocycles. The van der Waals surface area contributed by atoms with Crippen LogP contribution in [0.3, 0.4) is 0 Å². The van der Waals surface area contributed by atoms with Crippen LogP contribution >= 0.6 is 0 Å². The molecular weight excluding hydrogens is 276 g/mol. The highest BCUT2D eigenvalue weighted by Gasteiger charge is 2.31. The lowest BCUT2D eigenvalue weighted by Crippen LogP contribution is -2.35. The van der Waals surface area contributed by atoms with Crippen molar-refractivity contribution in [2.24, 2.45) is 0 Å². The molecule has 0 heterocycles. The summed E-state index contributed by atoms with van der Waals surface area (Å²) in [6.07, 6.45) is 1.99. The molecule has 0 fully saturated rings. The Morgan fingerprint density at radius 2 is 1.40 bits per heavy atom. The normalized spacial score (nSPS) is 11.3. The van der Waals surface area contributed by atoms with E-state index in [0.717, 1.165) is 16.0 Å². The molecule has 0 radical (unpaired) electrons. The first kappa shape index (κ1) is 16.7. The summed E-state index contributed by atoms with van der Waals surface area (Å²) >= 11 is 0. The van der Waals surface area contributed by atoms with Crippen molar-refractivity contribution in [3.8, 4) is 0 Å². The van der Waals surface area contributed by atoms with Gasteiger partial charge in [-0.05, 0) is 16.8 Å². The van der Waals surface area contributed by atoms with Gasteiger partial charge in [-0.1, -0.05) is 69.6 Å². The van der Waals surface area contributed by atoms with Crippen LogP contribution in [0, 0.1) is 0 Å². The van der Waals surface area contributed by atoms with Crippen LogP contribution in [0.4, 0.5) is 0 Å². The first-order chi connectivity index (χ1) is 9.16. The SMILES string of the molecule is C[Si](C)(C)C(=C=O)C(=C=Cc1ccccc1)[Si](C)(C)C. The maximum absolute atomic E-state index is 11.5. The Balaban J connectivity index is 3.43. The fourth-order valence-electron chi connectivity index (χ4n) is 1.95. The van der Waals surface area contributed by atoms with E-state index < -0.39 is 16.1 Å². The van der Waals surface area contributed by atoms with Gasteiger partial charge in [-0.2, -0.15) is 0 Å². The second-order valence-electron chi connectivity index (χ2n) is 7.05. The molecule has 0 saturated heterocycles. The third kappa shape index (κ3) is 4.62. The molecule has 0 amide bonds. The van der Waals surface area contributed by atoms with E-state index in [2.05, 4.69) is 51.0 Å². The summed E-state index contributed by atoms with van der Waals surface area (Å²) in [7, 11) is -3.31. The number of hydrogen-bond acceptors (Lipinski definition) is 1. The average molecular weight is 301 g/mol. The van der Waals surface area contributed by atoms with Gasteiger partial charge >= 0.3 is 0 Å². The number of hydrogen-bond donors (Lipinski definition) is 0. The first-order valence-corrected chi connectivity index (χ1v) is 13.9. The van der Waals surface area contributed by atoms with Crippen LogP contribution in [0.25, 0.3) is 6.08 Å². The Bertz CT molecular complexity index is 574. The topological polar surface area (TPSA) is 17.1 Å². The van der Waals surface area contributed by atoms with Crippen LogP contribution in [-0.2, 0) is 4.79 Å². The molecule has 1 nitrogen and oxygen atoms in total. The van der Waals surface area contributed by atoms with Gasteiger partial charge in [0.2, 0.25) is 0 Å². The third-order valence-electron chi connectivity index (χ3n) is 3.03. The van der Waals surface area contributed by atoms with E-state index in [1.165, 1.54) is 0 Å². The van der Waals surface area contributed by atoms with Crippen LogP contribution in [0.2, 0.25) is 39.3 Å². The molecule has 0 aliphatic carbocycles. The van der Waals surface area contributed by atoms with Crippen molar-refractivity contribution in [2.75, 3.05) is 0 Å². The fourth-order valence-corrected chi connectivity index (χ4v) is 6.63. The summed E-state index contributed by atoms with van der Waals surface area (Å²) in [5.74, 6) is 2.23. The Hall–Kier alpha value is -1.38. The summed E-state index contributed by atoms with van der Waals surface area (Å²) in [4.78, 5) is 11.5. The van der Waals surface area contributed by atoms with Crippen LogP contribution in [0.1, 0.15) is 5.56 Å². The number of carbonyl (C=O) groups excluding carboxylic acids is 1. The van der Waals surface area contributed by atoms with Crippen molar-refractivity contribution in [3.05, 3.63) is 52.0 Å². The maximum atomic E-state index is 11.5. The second-order valence-corrected chi connectivity index (χ2v) is 17.1. The summed E-state index contributed by atoms with van der Waals surface area (Å²) < 4.78 is 0. The average Bonchev–Trinajstić information content (AvgIpc) is 2.32. The lowest BCUT2D eigenvalue weighted by atomic mass is 10.2. The van der Waals surface area contributed by atoms with Crippen molar-refractivity contribution in [1.82, 2.24) is 0 Å². The largest absolute Gasteiger partial charge is 0.234 e. The molecule has 0 atom stereocenters. The van der Waals surface area contributed by atoms with Gasteiger partial charge in [0, 0.05) is 5.20 Å². The lowest BCUT2D eigenvalue weighted by molar-refractivity contribution is 0.568. The van der Waals surface area contributed by atoms with Gasteiger partial charge < -0.3 is 0 Å². The Morgan fingerprint density at radius 3 is 1.80 bits per heavy atom. The molecule has 1 rings (SSSR count). The molecule has 20 heavy (non-hydrogen) atoms. The van der Waals surface area contributed by atoms with Crippen LogP contribution in [0.15, 0.2) is 46.5 Å². The van der Waals surface area contributed by atoms with Crippen LogP contribution in [-0.4, -0.2) is 22.1 Å². The molecule has 1 aromatic carbocycles. The Morgan fingerprint density at radius 1 is 0.900 bits per heavy atom. The summed E-state index contributed by atoms with van der Waals surface area (Å²) in [5, 5.41) is 2.01. The Labute approximate surface area is 124 Å². The summed E-state index contributed by atoms with van der Waals surface area (Å²) in [6, 6.07) is 10.1. The molecule has 0 aliphatic rings. The number of benzene rings is 1. The predicted molar refractivity (Wildman–Crippen MR) is 93.8 cm³/mol. The zero-order chi connectivity index (χ0) is 15.4. The molecule has 0 N–H and O–H groups in total. The lowest BCUT2D eigenvalue weighted by Gasteiger charge is -2.26. The monoisotopic (exact) mass is 300 g/mol. The molecule has 0 aromatic heterocycles. The van der Waals surface area contributed by atoms with Gasteiger partial charge in [0.25, 0.3) is 0 Å².